The molecule has 0 saturated heterocycles. The van der Waals surface area contributed by atoms with E-state index in [0.717, 1.165) is 35.1 Å². The van der Waals surface area contributed by atoms with Gasteiger partial charge in [-0.15, -0.1) is 0 Å². The summed E-state index contributed by atoms with van der Waals surface area (Å²) >= 11 is 5.97. The van der Waals surface area contributed by atoms with Gasteiger partial charge in [-0.2, -0.15) is 0 Å². The highest BCUT2D eigenvalue weighted by Gasteiger charge is 2.25. The molecule has 112 valence electrons. The van der Waals surface area contributed by atoms with E-state index in [-0.39, 0.29) is 0 Å². The minimum absolute atomic E-state index is 0.569. The highest BCUT2D eigenvalue weighted by atomic mass is 35.5. The molecule has 0 aliphatic heterocycles. The Morgan fingerprint density at radius 3 is 2.52 bits per heavy atom. The Labute approximate surface area is 131 Å². The smallest absolute Gasteiger partial charge is 0.131 e. The minimum Gasteiger partial charge on any atom is -0.383 e. The van der Waals surface area contributed by atoms with Crippen molar-refractivity contribution in [3.63, 3.8) is 0 Å². The van der Waals surface area contributed by atoms with Crippen LogP contribution in [0.3, 0.4) is 0 Å². The van der Waals surface area contributed by atoms with Crippen LogP contribution >= 0.6 is 11.6 Å². The topological polar surface area (TPSA) is 43.8 Å². The predicted octanol–water partition coefficient (Wildman–Crippen LogP) is 4.85. The summed E-state index contributed by atoms with van der Waals surface area (Å²) < 4.78 is 2.22. The predicted molar refractivity (Wildman–Crippen MR) is 88.6 cm³/mol. The van der Waals surface area contributed by atoms with Crippen LogP contribution in [0, 0.1) is 0 Å². The van der Waals surface area contributed by atoms with Gasteiger partial charge in [0.25, 0.3) is 0 Å². The van der Waals surface area contributed by atoms with Crippen molar-refractivity contribution in [3.05, 3.63) is 35.1 Å². The summed E-state index contributed by atoms with van der Waals surface area (Å²) in [6.07, 6.45) is 6.15. The number of benzene rings is 1. The number of nitrogen functional groups attached to an aromatic ring is 1. The third kappa shape index (κ3) is 2.80. The summed E-state index contributed by atoms with van der Waals surface area (Å²) in [5.74, 6) is 2.54. The molecule has 1 fully saturated rings. The van der Waals surface area contributed by atoms with E-state index in [1.807, 2.05) is 24.3 Å². The lowest BCUT2D eigenvalue weighted by Gasteiger charge is -2.12. The van der Waals surface area contributed by atoms with Gasteiger partial charge in [0.05, 0.1) is 0 Å². The maximum atomic E-state index is 6.40. The van der Waals surface area contributed by atoms with E-state index < -0.39 is 0 Å². The highest BCUT2D eigenvalue weighted by Crippen LogP contribution is 2.37. The second-order valence-corrected chi connectivity index (χ2v) is 6.28. The zero-order chi connectivity index (χ0) is 14.8. The van der Waals surface area contributed by atoms with Crippen LogP contribution in [-0.4, -0.2) is 9.55 Å². The third-order valence-electron chi connectivity index (χ3n) is 4.32. The average molecular weight is 304 g/mol. The normalized spacial score (nSPS) is 15.7. The molecule has 0 spiro atoms. The van der Waals surface area contributed by atoms with E-state index in [1.165, 1.54) is 31.5 Å². The fourth-order valence-corrected chi connectivity index (χ4v) is 3.38. The molecular weight excluding hydrogens is 282 g/mol. The highest BCUT2D eigenvalue weighted by molar-refractivity contribution is 6.30. The van der Waals surface area contributed by atoms with E-state index in [2.05, 4.69) is 11.5 Å². The lowest BCUT2D eigenvalue weighted by molar-refractivity contribution is 0.579. The van der Waals surface area contributed by atoms with Gasteiger partial charge in [-0.25, -0.2) is 4.98 Å². The van der Waals surface area contributed by atoms with Crippen LogP contribution in [0.15, 0.2) is 24.3 Å². The maximum Gasteiger partial charge on any atom is 0.131 e. The van der Waals surface area contributed by atoms with Crippen molar-refractivity contribution >= 4 is 17.4 Å². The molecule has 3 nitrogen and oxygen atoms in total. The van der Waals surface area contributed by atoms with E-state index in [4.69, 9.17) is 22.3 Å². The molecule has 0 bridgehead atoms. The van der Waals surface area contributed by atoms with Crippen molar-refractivity contribution in [2.24, 2.45) is 0 Å². The molecule has 4 heteroatoms. The van der Waals surface area contributed by atoms with Crippen LogP contribution in [0.25, 0.3) is 11.3 Å². The summed E-state index contributed by atoms with van der Waals surface area (Å²) in [6.45, 7) is 3.12. The Bertz CT molecular complexity index is 610. The fourth-order valence-electron chi connectivity index (χ4n) is 3.26. The Morgan fingerprint density at radius 2 is 1.90 bits per heavy atom. The van der Waals surface area contributed by atoms with Gasteiger partial charge in [-0.1, -0.05) is 43.5 Å². The van der Waals surface area contributed by atoms with Gasteiger partial charge in [0.2, 0.25) is 0 Å². The van der Waals surface area contributed by atoms with E-state index in [0.29, 0.717) is 5.92 Å². The van der Waals surface area contributed by atoms with Crippen LogP contribution in [0.4, 0.5) is 5.82 Å². The van der Waals surface area contributed by atoms with Crippen molar-refractivity contribution in [1.82, 2.24) is 9.55 Å². The SMILES string of the molecule is CCCn1c(C2CCCC2)nc(-c2ccc(Cl)cc2)c1N. The molecule has 1 aromatic heterocycles. The van der Waals surface area contributed by atoms with Crippen LogP contribution in [-0.2, 0) is 6.54 Å². The van der Waals surface area contributed by atoms with Gasteiger partial charge in [0.1, 0.15) is 17.3 Å². The summed E-state index contributed by atoms with van der Waals surface area (Å²) in [6, 6.07) is 7.78. The zero-order valence-corrected chi connectivity index (χ0v) is 13.2. The maximum absolute atomic E-state index is 6.40. The number of halogens is 1. The van der Waals surface area contributed by atoms with Gasteiger partial charge in [-0.3, -0.25) is 0 Å². The third-order valence-corrected chi connectivity index (χ3v) is 4.57. The minimum atomic E-state index is 0.569. The first-order valence-corrected chi connectivity index (χ1v) is 8.20. The van der Waals surface area contributed by atoms with Crippen molar-refractivity contribution < 1.29 is 0 Å². The summed E-state index contributed by atoms with van der Waals surface area (Å²) in [7, 11) is 0. The van der Waals surface area contributed by atoms with Crippen molar-refractivity contribution in [2.75, 3.05) is 5.73 Å². The van der Waals surface area contributed by atoms with Gasteiger partial charge < -0.3 is 10.3 Å². The largest absolute Gasteiger partial charge is 0.383 e. The lowest BCUT2D eigenvalue weighted by Crippen LogP contribution is -2.09. The number of hydrogen-bond donors (Lipinski definition) is 1. The van der Waals surface area contributed by atoms with Crippen LogP contribution in [0.5, 0.6) is 0 Å². The van der Waals surface area contributed by atoms with Gasteiger partial charge in [0, 0.05) is 23.0 Å². The summed E-state index contributed by atoms with van der Waals surface area (Å²) in [5.41, 5.74) is 8.35. The number of nitrogens with zero attached hydrogens (tertiary/aromatic N) is 2. The molecule has 1 aliphatic rings. The summed E-state index contributed by atoms with van der Waals surface area (Å²) in [4.78, 5) is 4.91. The first-order valence-electron chi connectivity index (χ1n) is 7.82. The molecule has 2 N–H and O–H groups in total. The molecule has 1 saturated carbocycles. The van der Waals surface area contributed by atoms with E-state index in [9.17, 15) is 0 Å². The standard InChI is InChI=1S/C17H22ClN3/c1-2-11-21-16(19)15(12-7-9-14(18)10-8-12)20-17(21)13-5-3-4-6-13/h7-10,13H,2-6,11,19H2,1H3. The number of anilines is 1. The molecule has 0 amide bonds. The molecule has 1 heterocycles. The molecule has 0 unspecified atom stereocenters. The number of rotatable bonds is 4. The van der Waals surface area contributed by atoms with Crippen LogP contribution < -0.4 is 5.73 Å². The monoisotopic (exact) mass is 303 g/mol. The number of imidazole rings is 1. The lowest BCUT2D eigenvalue weighted by atomic mass is 10.1. The van der Waals surface area contributed by atoms with Gasteiger partial charge in [-0.05, 0) is 31.4 Å². The van der Waals surface area contributed by atoms with Crippen molar-refractivity contribution in [2.45, 2.75) is 51.5 Å². The van der Waals surface area contributed by atoms with E-state index >= 15 is 0 Å². The summed E-state index contributed by atoms with van der Waals surface area (Å²) in [5, 5.41) is 0.737. The average Bonchev–Trinajstić information content (AvgIpc) is 3.10. The molecule has 21 heavy (non-hydrogen) atoms. The second-order valence-electron chi connectivity index (χ2n) is 5.84. The van der Waals surface area contributed by atoms with Gasteiger partial charge in [0.15, 0.2) is 0 Å². The van der Waals surface area contributed by atoms with Gasteiger partial charge >= 0.3 is 0 Å². The van der Waals surface area contributed by atoms with Crippen LogP contribution in [0.2, 0.25) is 5.02 Å². The molecule has 3 rings (SSSR count). The van der Waals surface area contributed by atoms with Crippen molar-refractivity contribution in [3.8, 4) is 11.3 Å². The number of nitrogens with two attached hydrogens (primary N) is 1. The van der Waals surface area contributed by atoms with E-state index in [1.54, 1.807) is 0 Å². The van der Waals surface area contributed by atoms with Crippen LogP contribution in [0.1, 0.15) is 50.8 Å². The molecule has 1 aliphatic carbocycles. The Hall–Kier alpha value is -1.48. The fraction of sp³-hybridized carbons (Fsp3) is 0.471. The molecule has 0 atom stereocenters. The zero-order valence-electron chi connectivity index (χ0n) is 12.5. The molecule has 1 aromatic carbocycles. The Balaban J connectivity index is 2.04. The number of aromatic nitrogens is 2. The first kappa shape index (κ1) is 14.5. The molecule has 2 aromatic rings. The second kappa shape index (κ2) is 6.10. The Morgan fingerprint density at radius 1 is 1.24 bits per heavy atom. The molecule has 0 radical (unpaired) electrons. The van der Waals surface area contributed by atoms with Crippen molar-refractivity contribution in [1.29, 1.82) is 0 Å². The Kier molecular flexibility index (Phi) is 4.20. The first-order chi connectivity index (χ1) is 10.2. The quantitative estimate of drug-likeness (QED) is 0.877. The number of hydrogen-bond acceptors (Lipinski definition) is 2. The molecular formula is C17H22ClN3.